The number of alkyl halides is 3. The summed E-state index contributed by atoms with van der Waals surface area (Å²) >= 11 is 0. The Hall–Kier alpha value is -2.63. The summed E-state index contributed by atoms with van der Waals surface area (Å²) in [6.07, 6.45) is -1.87. The molecule has 158 valence electrons. The minimum Gasteiger partial charge on any atom is -0.399 e. The second kappa shape index (κ2) is 7.89. The number of hydrogen-bond donors (Lipinski definition) is 0. The number of ether oxygens (including phenoxy) is 1. The van der Waals surface area contributed by atoms with Crippen LogP contribution in [0.25, 0.3) is 10.8 Å². The van der Waals surface area contributed by atoms with Crippen molar-refractivity contribution in [2.75, 3.05) is 0 Å². The lowest BCUT2D eigenvalue weighted by atomic mass is 9.79. The number of halogens is 5. The highest BCUT2D eigenvalue weighted by Crippen LogP contribution is 2.39. The third-order valence-corrected chi connectivity index (χ3v) is 5.74. The van der Waals surface area contributed by atoms with Crippen molar-refractivity contribution in [3.8, 4) is 5.75 Å². The summed E-state index contributed by atoms with van der Waals surface area (Å²) in [5.74, 6) is -3.90. The molecule has 1 aliphatic rings. The number of fused-ring (bicyclic) bond motifs is 2. The van der Waals surface area contributed by atoms with Crippen molar-refractivity contribution in [3.63, 3.8) is 0 Å². The molecular formula is C24H21F5O. The fourth-order valence-electron chi connectivity index (χ4n) is 4.33. The molecule has 1 unspecified atom stereocenters. The van der Waals surface area contributed by atoms with Crippen molar-refractivity contribution in [1.82, 2.24) is 0 Å². The summed E-state index contributed by atoms with van der Waals surface area (Å²) < 4.78 is 69.6. The van der Waals surface area contributed by atoms with Gasteiger partial charge in [-0.05, 0) is 70.7 Å². The summed E-state index contributed by atoms with van der Waals surface area (Å²) in [6.45, 7) is 2.14. The van der Waals surface area contributed by atoms with Crippen LogP contribution in [0.5, 0.6) is 5.75 Å². The molecule has 3 aromatic rings. The number of hydrogen-bond acceptors (Lipinski definition) is 1. The molecule has 0 bridgehead atoms. The minimum absolute atomic E-state index is 0.0467. The molecule has 0 heterocycles. The molecule has 1 aliphatic carbocycles. The smallest absolute Gasteiger partial charge is 0.399 e. The molecule has 0 aromatic heterocycles. The van der Waals surface area contributed by atoms with Gasteiger partial charge in [-0.1, -0.05) is 49.7 Å². The van der Waals surface area contributed by atoms with Crippen LogP contribution < -0.4 is 4.74 Å². The van der Waals surface area contributed by atoms with Crippen molar-refractivity contribution >= 4 is 10.8 Å². The van der Waals surface area contributed by atoms with E-state index in [-0.39, 0.29) is 17.9 Å². The van der Waals surface area contributed by atoms with Gasteiger partial charge >= 0.3 is 6.36 Å². The van der Waals surface area contributed by atoms with Gasteiger partial charge in [-0.2, -0.15) is 0 Å². The fourth-order valence-corrected chi connectivity index (χ4v) is 4.33. The van der Waals surface area contributed by atoms with Gasteiger partial charge in [0.15, 0.2) is 11.6 Å². The molecule has 1 nitrogen and oxygen atoms in total. The molecule has 3 aromatic carbocycles. The highest BCUT2D eigenvalue weighted by molar-refractivity contribution is 5.84. The lowest BCUT2D eigenvalue weighted by molar-refractivity contribution is -0.276. The normalized spacial score (nSPS) is 16.5. The second-order valence-corrected chi connectivity index (χ2v) is 7.82. The van der Waals surface area contributed by atoms with Gasteiger partial charge in [0.25, 0.3) is 0 Å². The van der Waals surface area contributed by atoms with Gasteiger partial charge in [0.05, 0.1) is 0 Å². The van der Waals surface area contributed by atoms with Crippen molar-refractivity contribution in [2.24, 2.45) is 0 Å². The molecule has 0 spiro atoms. The molecule has 6 heteroatoms. The van der Waals surface area contributed by atoms with Gasteiger partial charge in [-0.3, -0.25) is 0 Å². The van der Waals surface area contributed by atoms with Crippen LogP contribution in [0.15, 0.2) is 42.5 Å². The zero-order chi connectivity index (χ0) is 21.5. The first-order valence-electron chi connectivity index (χ1n) is 10.0. The maximum atomic E-state index is 14.5. The zero-order valence-corrected chi connectivity index (χ0v) is 16.5. The standard InChI is InChI=1S/C24H21F5O/c1-2-3-14-4-5-16-11-17(7-6-15(16)10-14)18-8-9-20-19(12-18)13-21(25)23(22(20)26)30-24(27,28)29/h4-7,10-11,13,18H,2-3,8-9,12H2,1H3. The van der Waals surface area contributed by atoms with E-state index in [1.165, 1.54) is 5.56 Å². The lowest BCUT2D eigenvalue weighted by Gasteiger charge is -2.26. The summed E-state index contributed by atoms with van der Waals surface area (Å²) in [7, 11) is 0. The van der Waals surface area contributed by atoms with E-state index in [0.29, 0.717) is 18.4 Å². The van der Waals surface area contributed by atoms with Crippen LogP contribution in [0, 0.1) is 11.6 Å². The zero-order valence-electron chi connectivity index (χ0n) is 16.5. The Morgan fingerprint density at radius 2 is 1.73 bits per heavy atom. The van der Waals surface area contributed by atoms with Crippen molar-refractivity contribution in [3.05, 3.63) is 76.4 Å². The Labute approximate surface area is 171 Å². The summed E-state index contributed by atoms with van der Waals surface area (Å²) in [5.41, 5.74) is 2.85. The third kappa shape index (κ3) is 4.13. The molecule has 0 saturated carbocycles. The molecule has 0 radical (unpaired) electrons. The number of aryl methyl sites for hydroxylation is 1. The topological polar surface area (TPSA) is 9.23 Å². The van der Waals surface area contributed by atoms with Crippen LogP contribution in [-0.4, -0.2) is 6.36 Å². The molecule has 1 atom stereocenters. The minimum atomic E-state index is -5.14. The highest BCUT2D eigenvalue weighted by atomic mass is 19.4. The molecular weight excluding hydrogens is 399 g/mol. The van der Waals surface area contributed by atoms with Gasteiger partial charge < -0.3 is 4.74 Å². The first-order chi connectivity index (χ1) is 14.2. The fraction of sp³-hybridized carbons (Fsp3) is 0.333. The predicted octanol–water partition coefficient (Wildman–Crippen LogP) is 7.24. The average Bonchev–Trinajstić information content (AvgIpc) is 2.70. The average molecular weight is 420 g/mol. The van der Waals surface area contributed by atoms with E-state index in [1.54, 1.807) is 0 Å². The van der Waals surface area contributed by atoms with Crippen LogP contribution >= 0.6 is 0 Å². The van der Waals surface area contributed by atoms with Gasteiger partial charge in [0.1, 0.15) is 0 Å². The first-order valence-corrected chi connectivity index (χ1v) is 10.0. The Bertz CT molecular complexity index is 1090. The maximum Gasteiger partial charge on any atom is 0.573 e. The van der Waals surface area contributed by atoms with Gasteiger partial charge in [-0.25, -0.2) is 8.78 Å². The Morgan fingerprint density at radius 1 is 1.00 bits per heavy atom. The van der Waals surface area contributed by atoms with Gasteiger partial charge in [0.2, 0.25) is 5.75 Å². The summed E-state index contributed by atoms with van der Waals surface area (Å²) in [4.78, 5) is 0. The highest BCUT2D eigenvalue weighted by Gasteiger charge is 2.36. The van der Waals surface area contributed by atoms with Crippen LogP contribution in [0.1, 0.15) is 47.9 Å². The van der Waals surface area contributed by atoms with Crippen LogP contribution in [0.2, 0.25) is 0 Å². The second-order valence-electron chi connectivity index (χ2n) is 7.82. The van der Waals surface area contributed by atoms with Crippen LogP contribution in [0.4, 0.5) is 22.0 Å². The van der Waals surface area contributed by atoms with E-state index in [9.17, 15) is 22.0 Å². The number of benzene rings is 3. The van der Waals surface area contributed by atoms with E-state index < -0.39 is 23.7 Å². The van der Waals surface area contributed by atoms with Gasteiger partial charge in [-0.15, -0.1) is 13.2 Å². The molecule has 4 rings (SSSR count). The maximum absolute atomic E-state index is 14.5. The first kappa shape index (κ1) is 20.6. The van der Waals surface area contributed by atoms with Crippen molar-refractivity contribution < 1.29 is 26.7 Å². The van der Waals surface area contributed by atoms with E-state index >= 15 is 0 Å². The van der Waals surface area contributed by atoms with Crippen molar-refractivity contribution in [1.29, 1.82) is 0 Å². The molecule has 0 fully saturated rings. The Morgan fingerprint density at radius 3 is 2.47 bits per heavy atom. The van der Waals surface area contributed by atoms with Crippen LogP contribution in [-0.2, 0) is 19.3 Å². The quantitative estimate of drug-likeness (QED) is 0.404. The molecule has 0 N–H and O–H groups in total. The Kier molecular flexibility index (Phi) is 5.43. The molecule has 30 heavy (non-hydrogen) atoms. The third-order valence-electron chi connectivity index (χ3n) is 5.74. The summed E-state index contributed by atoms with van der Waals surface area (Å²) in [6, 6.07) is 13.5. The van der Waals surface area contributed by atoms with Gasteiger partial charge in [0, 0.05) is 0 Å². The number of rotatable bonds is 4. The van der Waals surface area contributed by atoms with E-state index in [1.807, 2.05) is 6.07 Å². The predicted molar refractivity (Wildman–Crippen MR) is 106 cm³/mol. The largest absolute Gasteiger partial charge is 0.573 e. The molecule has 0 saturated heterocycles. The van der Waals surface area contributed by atoms with E-state index in [0.717, 1.165) is 35.2 Å². The van der Waals surface area contributed by atoms with E-state index in [2.05, 4.69) is 42.0 Å². The van der Waals surface area contributed by atoms with Crippen LogP contribution in [0.3, 0.4) is 0 Å². The van der Waals surface area contributed by atoms with E-state index in [4.69, 9.17) is 0 Å². The molecule has 0 amide bonds. The Balaban J connectivity index is 1.62. The molecule has 0 aliphatic heterocycles. The summed E-state index contributed by atoms with van der Waals surface area (Å²) in [5, 5.41) is 2.25. The SMILES string of the molecule is CCCc1ccc2cc(C3CCc4c(cc(F)c(OC(F)(F)F)c4F)C3)ccc2c1. The lowest BCUT2D eigenvalue weighted by Crippen LogP contribution is -2.21. The van der Waals surface area contributed by atoms with Crippen molar-refractivity contribution in [2.45, 2.75) is 51.3 Å². The monoisotopic (exact) mass is 420 g/mol.